The van der Waals surface area contributed by atoms with E-state index in [1.54, 1.807) is 26.4 Å². The lowest BCUT2D eigenvalue weighted by molar-refractivity contribution is 0.0722. The van der Waals surface area contributed by atoms with Gasteiger partial charge >= 0.3 is 0 Å². The zero-order valence-corrected chi connectivity index (χ0v) is 12.8. The molecule has 1 saturated heterocycles. The third-order valence-electron chi connectivity index (χ3n) is 4.02. The van der Waals surface area contributed by atoms with Crippen LogP contribution in [0.3, 0.4) is 0 Å². The summed E-state index contributed by atoms with van der Waals surface area (Å²) in [5, 5.41) is 0. The fourth-order valence-corrected chi connectivity index (χ4v) is 2.96. The number of rotatable bonds is 6. The largest absolute Gasteiger partial charge is 0.496 e. The fraction of sp³-hybridized carbons (Fsp3) is 0.562. The molecule has 1 fully saturated rings. The second-order valence-corrected chi connectivity index (χ2v) is 5.26. The number of nitrogens with two attached hydrogens (primary N) is 1. The number of ether oxygens (including phenoxy) is 2. The van der Waals surface area contributed by atoms with Crippen LogP contribution < -0.4 is 15.2 Å². The summed E-state index contributed by atoms with van der Waals surface area (Å²) < 4.78 is 10.7. The van der Waals surface area contributed by atoms with Crippen LogP contribution in [-0.4, -0.2) is 44.2 Å². The summed E-state index contributed by atoms with van der Waals surface area (Å²) in [6.45, 7) is 1.45. The molecule has 1 heterocycles. The molecule has 1 unspecified atom stereocenters. The van der Waals surface area contributed by atoms with Crippen LogP contribution in [0.1, 0.15) is 36.0 Å². The van der Waals surface area contributed by atoms with E-state index in [-0.39, 0.29) is 11.9 Å². The molecule has 1 aliphatic rings. The lowest BCUT2D eigenvalue weighted by Gasteiger charge is -2.26. The van der Waals surface area contributed by atoms with Gasteiger partial charge in [0.1, 0.15) is 17.1 Å². The van der Waals surface area contributed by atoms with Gasteiger partial charge in [-0.3, -0.25) is 4.79 Å². The predicted molar refractivity (Wildman–Crippen MR) is 81.9 cm³/mol. The molecule has 2 rings (SSSR count). The number of methoxy groups -OCH3 is 2. The maximum Gasteiger partial charge on any atom is 0.261 e. The van der Waals surface area contributed by atoms with E-state index in [9.17, 15) is 4.79 Å². The van der Waals surface area contributed by atoms with Gasteiger partial charge in [-0.1, -0.05) is 6.07 Å². The summed E-state index contributed by atoms with van der Waals surface area (Å²) in [5.74, 6) is 1.11. The molecule has 116 valence electrons. The molecule has 1 amide bonds. The maximum atomic E-state index is 12.9. The van der Waals surface area contributed by atoms with Gasteiger partial charge in [0.2, 0.25) is 0 Å². The molecule has 0 aliphatic carbocycles. The molecule has 0 radical (unpaired) electrons. The first-order valence-corrected chi connectivity index (χ1v) is 7.45. The van der Waals surface area contributed by atoms with Crippen LogP contribution in [0.25, 0.3) is 0 Å². The van der Waals surface area contributed by atoms with Crippen molar-refractivity contribution in [3.8, 4) is 11.5 Å². The minimum absolute atomic E-state index is 0.0104. The van der Waals surface area contributed by atoms with Gasteiger partial charge < -0.3 is 20.1 Å². The average molecular weight is 292 g/mol. The molecule has 0 bridgehead atoms. The molecular weight excluding hydrogens is 268 g/mol. The number of carbonyl (C=O) groups is 1. The van der Waals surface area contributed by atoms with Crippen molar-refractivity contribution in [1.82, 2.24) is 4.90 Å². The second-order valence-electron chi connectivity index (χ2n) is 5.26. The highest BCUT2D eigenvalue weighted by atomic mass is 16.5. The third-order valence-corrected chi connectivity index (χ3v) is 4.02. The van der Waals surface area contributed by atoms with E-state index in [0.717, 1.165) is 32.2 Å². The van der Waals surface area contributed by atoms with Crippen molar-refractivity contribution >= 4 is 5.91 Å². The molecule has 0 aromatic heterocycles. The van der Waals surface area contributed by atoms with Crippen LogP contribution in [0.5, 0.6) is 11.5 Å². The van der Waals surface area contributed by atoms with Crippen LogP contribution in [0.15, 0.2) is 18.2 Å². The van der Waals surface area contributed by atoms with Crippen molar-refractivity contribution < 1.29 is 14.3 Å². The van der Waals surface area contributed by atoms with Gasteiger partial charge in [-0.2, -0.15) is 0 Å². The SMILES string of the molecule is COc1cccc(OC)c1C(=O)N1CCCC1CCCN. The first-order chi connectivity index (χ1) is 10.2. The third kappa shape index (κ3) is 3.29. The van der Waals surface area contributed by atoms with E-state index in [1.807, 2.05) is 11.0 Å². The Bertz CT molecular complexity index is 468. The lowest BCUT2D eigenvalue weighted by Crippen LogP contribution is -2.36. The zero-order valence-electron chi connectivity index (χ0n) is 12.8. The molecule has 2 N–H and O–H groups in total. The number of likely N-dealkylation sites (tertiary alicyclic amines) is 1. The Labute approximate surface area is 126 Å². The minimum atomic E-state index is -0.0104. The molecule has 1 aromatic rings. The second kappa shape index (κ2) is 7.31. The van der Waals surface area contributed by atoms with Crippen LogP contribution in [0.4, 0.5) is 0 Å². The van der Waals surface area contributed by atoms with Crippen molar-refractivity contribution in [3.05, 3.63) is 23.8 Å². The first-order valence-electron chi connectivity index (χ1n) is 7.45. The van der Waals surface area contributed by atoms with E-state index >= 15 is 0 Å². The quantitative estimate of drug-likeness (QED) is 0.871. The van der Waals surface area contributed by atoms with Gasteiger partial charge in [0.15, 0.2) is 0 Å². The summed E-state index contributed by atoms with van der Waals surface area (Å²) in [5.41, 5.74) is 6.10. The van der Waals surface area contributed by atoms with Gasteiger partial charge in [0.05, 0.1) is 14.2 Å². The number of hydrogen-bond acceptors (Lipinski definition) is 4. The van der Waals surface area contributed by atoms with Gasteiger partial charge in [-0.05, 0) is 44.4 Å². The van der Waals surface area contributed by atoms with E-state index in [4.69, 9.17) is 15.2 Å². The number of carbonyl (C=O) groups excluding carboxylic acids is 1. The topological polar surface area (TPSA) is 64.8 Å². The minimum Gasteiger partial charge on any atom is -0.496 e. The number of hydrogen-bond donors (Lipinski definition) is 1. The van der Waals surface area contributed by atoms with E-state index < -0.39 is 0 Å². The highest BCUT2D eigenvalue weighted by Gasteiger charge is 2.32. The molecule has 1 aromatic carbocycles. The number of amides is 1. The van der Waals surface area contributed by atoms with Crippen LogP contribution in [0.2, 0.25) is 0 Å². The van der Waals surface area contributed by atoms with Crippen LogP contribution >= 0.6 is 0 Å². The van der Waals surface area contributed by atoms with Crippen molar-refractivity contribution in [2.75, 3.05) is 27.3 Å². The van der Waals surface area contributed by atoms with Gasteiger partial charge in [-0.25, -0.2) is 0 Å². The van der Waals surface area contributed by atoms with Gasteiger partial charge in [0.25, 0.3) is 5.91 Å². The van der Waals surface area contributed by atoms with Crippen LogP contribution in [-0.2, 0) is 0 Å². The van der Waals surface area contributed by atoms with Crippen molar-refractivity contribution in [1.29, 1.82) is 0 Å². The zero-order chi connectivity index (χ0) is 15.2. The fourth-order valence-electron chi connectivity index (χ4n) is 2.96. The Hall–Kier alpha value is -1.75. The van der Waals surface area contributed by atoms with E-state index in [1.165, 1.54) is 0 Å². The molecule has 21 heavy (non-hydrogen) atoms. The lowest BCUT2D eigenvalue weighted by atomic mass is 10.1. The Kier molecular flexibility index (Phi) is 5.44. The van der Waals surface area contributed by atoms with E-state index in [0.29, 0.717) is 23.6 Å². The predicted octanol–water partition coefficient (Wildman–Crippen LogP) is 2.05. The monoisotopic (exact) mass is 292 g/mol. The average Bonchev–Trinajstić information content (AvgIpc) is 2.99. The summed E-state index contributed by atoms with van der Waals surface area (Å²) in [6, 6.07) is 5.68. The van der Waals surface area contributed by atoms with Gasteiger partial charge in [-0.15, -0.1) is 0 Å². The number of nitrogens with zero attached hydrogens (tertiary/aromatic N) is 1. The molecule has 0 saturated carbocycles. The smallest absolute Gasteiger partial charge is 0.261 e. The Balaban J connectivity index is 2.26. The van der Waals surface area contributed by atoms with E-state index in [2.05, 4.69) is 0 Å². The Morgan fingerprint density at radius 2 is 2.00 bits per heavy atom. The van der Waals surface area contributed by atoms with Crippen molar-refractivity contribution in [2.45, 2.75) is 31.7 Å². The first kappa shape index (κ1) is 15.6. The number of benzene rings is 1. The highest BCUT2D eigenvalue weighted by molar-refractivity contribution is 6.00. The van der Waals surface area contributed by atoms with Gasteiger partial charge in [0, 0.05) is 12.6 Å². The molecule has 5 heteroatoms. The molecule has 5 nitrogen and oxygen atoms in total. The molecule has 0 spiro atoms. The standard InChI is InChI=1S/C16H24N2O3/c1-20-13-8-3-9-14(21-2)15(13)16(19)18-11-5-7-12(18)6-4-10-17/h3,8-9,12H,4-7,10-11,17H2,1-2H3. The van der Waals surface area contributed by atoms with Crippen molar-refractivity contribution in [2.24, 2.45) is 5.73 Å². The molecule has 1 atom stereocenters. The molecular formula is C16H24N2O3. The Morgan fingerprint density at radius 1 is 1.33 bits per heavy atom. The normalized spacial score (nSPS) is 17.9. The summed E-state index contributed by atoms with van der Waals surface area (Å²) >= 11 is 0. The van der Waals surface area contributed by atoms with Crippen molar-refractivity contribution in [3.63, 3.8) is 0 Å². The Morgan fingerprint density at radius 3 is 2.57 bits per heavy atom. The molecule has 1 aliphatic heterocycles. The summed E-state index contributed by atoms with van der Waals surface area (Å²) in [6.07, 6.45) is 3.98. The highest BCUT2D eigenvalue weighted by Crippen LogP contribution is 2.32. The van der Waals surface area contributed by atoms with Crippen LogP contribution in [0, 0.1) is 0 Å². The summed E-state index contributed by atoms with van der Waals surface area (Å²) in [7, 11) is 3.14. The summed E-state index contributed by atoms with van der Waals surface area (Å²) in [4.78, 5) is 14.9. The maximum absolute atomic E-state index is 12.9.